The molecule has 124 valence electrons. The summed E-state index contributed by atoms with van der Waals surface area (Å²) in [6, 6.07) is 26.8. The van der Waals surface area contributed by atoms with Crippen LogP contribution in [0.3, 0.4) is 0 Å². The smallest absolute Gasteiger partial charge is 0.150 e. The predicted molar refractivity (Wildman–Crippen MR) is 102 cm³/mol. The second-order valence-corrected chi connectivity index (χ2v) is 6.17. The zero-order valence-corrected chi connectivity index (χ0v) is 14.4. The van der Waals surface area contributed by atoms with Gasteiger partial charge in [0.25, 0.3) is 0 Å². The van der Waals surface area contributed by atoms with Gasteiger partial charge in [-0.1, -0.05) is 60.7 Å². The SMILES string of the molecule is COc1ccc(C2Oc3ccccc3C(C)=C2c2ccccc2)cc1. The monoisotopic (exact) mass is 328 g/mol. The summed E-state index contributed by atoms with van der Waals surface area (Å²) in [4.78, 5) is 0. The molecule has 2 heteroatoms. The van der Waals surface area contributed by atoms with E-state index in [2.05, 4.69) is 55.5 Å². The van der Waals surface area contributed by atoms with Gasteiger partial charge in [-0.3, -0.25) is 0 Å². The van der Waals surface area contributed by atoms with Crippen LogP contribution in [-0.2, 0) is 0 Å². The fourth-order valence-corrected chi connectivity index (χ4v) is 3.41. The Morgan fingerprint density at radius 3 is 2.20 bits per heavy atom. The molecule has 3 aromatic carbocycles. The van der Waals surface area contributed by atoms with Gasteiger partial charge in [-0.2, -0.15) is 0 Å². The number of fused-ring (bicyclic) bond motifs is 1. The topological polar surface area (TPSA) is 18.5 Å². The van der Waals surface area contributed by atoms with Crippen LogP contribution < -0.4 is 9.47 Å². The van der Waals surface area contributed by atoms with Crippen LogP contribution in [-0.4, -0.2) is 7.11 Å². The molecule has 2 nitrogen and oxygen atoms in total. The lowest BCUT2D eigenvalue weighted by Gasteiger charge is -2.31. The Kier molecular flexibility index (Phi) is 4.02. The second kappa shape index (κ2) is 6.48. The van der Waals surface area contributed by atoms with E-state index in [4.69, 9.17) is 9.47 Å². The van der Waals surface area contributed by atoms with Crippen molar-refractivity contribution >= 4 is 11.1 Å². The van der Waals surface area contributed by atoms with E-state index in [0.29, 0.717) is 0 Å². The Bertz CT molecular complexity index is 908. The lowest BCUT2D eigenvalue weighted by atomic mass is 9.86. The van der Waals surface area contributed by atoms with Gasteiger partial charge < -0.3 is 9.47 Å². The Hall–Kier alpha value is -3.00. The van der Waals surface area contributed by atoms with Crippen LogP contribution in [0.4, 0.5) is 0 Å². The quantitative estimate of drug-likeness (QED) is 0.608. The van der Waals surface area contributed by atoms with Gasteiger partial charge in [-0.15, -0.1) is 0 Å². The van der Waals surface area contributed by atoms with Crippen molar-refractivity contribution in [3.63, 3.8) is 0 Å². The highest BCUT2D eigenvalue weighted by molar-refractivity contribution is 5.95. The number of benzene rings is 3. The summed E-state index contributed by atoms with van der Waals surface area (Å²) in [6.07, 6.45) is -0.136. The summed E-state index contributed by atoms with van der Waals surface area (Å²) in [5.74, 6) is 1.78. The minimum Gasteiger partial charge on any atom is -0.497 e. The third-order valence-corrected chi connectivity index (χ3v) is 4.71. The van der Waals surface area contributed by atoms with Crippen molar-refractivity contribution in [2.24, 2.45) is 0 Å². The highest BCUT2D eigenvalue weighted by Gasteiger charge is 2.28. The molecule has 0 bridgehead atoms. The van der Waals surface area contributed by atoms with E-state index in [1.807, 2.05) is 30.3 Å². The summed E-state index contributed by atoms with van der Waals surface area (Å²) in [5, 5.41) is 0. The van der Waals surface area contributed by atoms with Crippen LogP contribution in [0.2, 0.25) is 0 Å². The molecule has 1 heterocycles. The van der Waals surface area contributed by atoms with Crippen LogP contribution in [0.5, 0.6) is 11.5 Å². The zero-order valence-electron chi connectivity index (χ0n) is 14.4. The van der Waals surface area contributed by atoms with E-state index < -0.39 is 0 Å². The first-order chi connectivity index (χ1) is 12.3. The van der Waals surface area contributed by atoms with E-state index in [9.17, 15) is 0 Å². The van der Waals surface area contributed by atoms with Gasteiger partial charge in [0.1, 0.15) is 17.6 Å². The van der Waals surface area contributed by atoms with Crippen molar-refractivity contribution in [1.29, 1.82) is 0 Å². The van der Waals surface area contributed by atoms with E-state index in [1.165, 1.54) is 16.7 Å². The summed E-state index contributed by atoms with van der Waals surface area (Å²) in [6.45, 7) is 2.18. The first-order valence-corrected chi connectivity index (χ1v) is 8.44. The first-order valence-electron chi connectivity index (χ1n) is 8.44. The number of para-hydroxylation sites is 1. The van der Waals surface area contributed by atoms with Gasteiger partial charge in [0.2, 0.25) is 0 Å². The predicted octanol–water partition coefficient (Wildman–Crippen LogP) is 5.76. The number of hydrogen-bond donors (Lipinski definition) is 0. The molecule has 1 unspecified atom stereocenters. The summed E-state index contributed by atoms with van der Waals surface area (Å²) < 4.78 is 11.7. The standard InChI is InChI=1S/C23H20O2/c1-16-20-10-6-7-11-21(20)25-23(18-12-14-19(24-2)15-13-18)22(16)17-8-4-3-5-9-17/h3-15,23H,1-2H3. The second-order valence-electron chi connectivity index (χ2n) is 6.17. The van der Waals surface area contributed by atoms with Crippen LogP contribution in [0.25, 0.3) is 11.1 Å². The average molecular weight is 328 g/mol. The third kappa shape index (κ3) is 2.80. The third-order valence-electron chi connectivity index (χ3n) is 4.71. The van der Waals surface area contributed by atoms with Crippen molar-refractivity contribution < 1.29 is 9.47 Å². The van der Waals surface area contributed by atoms with E-state index in [0.717, 1.165) is 22.6 Å². The van der Waals surface area contributed by atoms with Crippen molar-refractivity contribution in [3.8, 4) is 11.5 Å². The average Bonchev–Trinajstić information content (AvgIpc) is 2.69. The summed E-state index contributed by atoms with van der Waals surface area (Å²) in [5.41, 5.74) is 5.94. The molecular formula is C23H20O2. The number of hydrogen-bond acceptors (Lipinski definition) is 2. The zero-order chi connectivity index (χ0) is 17.2. The Morgan fingerprint density at radius 2 is 1.48 bits per heavy atom. The number of allylic oxidation sites excluding steroid dienone is 1. The maximum Gasteiger partial charge on any atom is 0.150 e. The molecule has 0 aliphatic carbocycles. The van der Waals surface area contributed by atoms with E-state index in [1.54, 1.807) is 7.11 Å². The minimum absolute atomic E-state index is 0.136. The molecular weight excluding hydrogens is 308 g/mol. The van der Waals surface area contributed by atoms with Gasteiger partial charge in [-0.05, 0) is 41.8 Å². The highest BCUT2D eigenvalue weighted by Crippen LogP contribution is 2.46. The van der Waals surface area contributed by atoms with Crippen LogP contribution in [0.15, 0.2) is 78.9 Å². The number of rotatable bonds is 3. The molecule has 4 rings (SSSR count). The highest BCUT2D eigenvalue weighted by atomic mass is 16.5. The van der Waals surface area contributed by atoms with Crippen molar-refractivity contribution in [2.75, 3.05) is 7.11 Å². The molecule has 0 saturated carbocycles. The number of ether oxygens (including phenoxy) is 2. The van der Waals surface area contributed by atoms with Crippen LogP contribution in [0, 0.1) is 0 Å². The van der Waals surface area contributed by atoms with E-state index >= 15 is 0 Å². The van der Waals surface area contributed by atoms with Gasteiger partial charge in [0.15, 0.2) is 0 Å². The van der Waals surface area contributed by atoms with Gasteiger partial charge in [-0.25, -0.2) is 0 Å². The minimum atomic E-state index is -0.136. The lowest BCUT2D eigenvalue weighted by molar-refractivity contribution is 0.260. The van der Waals surface area contributed by atoms with Gasteiger partial charge in [0, 0.05) is 11.1 Å². The van der Waals surface area contributed by atoms with Crippen molar-refractivity contribution in [3.05, 3.63) is 95.6 Å². The fourth-order valence-electron chi connectivity index (χ4n) is 3.41. The first kappa shape index (κ1) is 15.5. The van der Waals surface area contributed by atoms with Crippen LogP contribution in [0.1, 0.15) is 29.7 Å². The molecule has 3 aromatic rings. The molecule has 0 N–H and O–H groups in total. The molecule has 0 amide bonds. The van der Waals surface area contributed by atoms with Crippen molar-refractivity contribution in [1.82, 2.24) is 0 Å². The maximum atomic E-state index is 6.43. The largest absolute Gasteiger partial charge is 0.497 e. The molecule has 0 spiro atoms. The molecule has 25 heavy (non-hydrogen) atoms. The summed E-state index contributed by atoms with van der Waals surface area (Å²) >= 11 is 0. The normalized spacial score (nSPS) is 16.2. The molecule has 0 saturated heterocycles. The molecule has 1 atom stereocenters. The van der Waals surface area contributed by atoms with Crippen molar-refractivity contribution in [2.45, 2.75) is 13.0 Å². The Labute approximate surface area is 148 Å². The molecule has 1 aliphatic rings. The van der Waals surface area contributed by atoms with E-state index in [-0.39, 0.29) is 6.10 Å². The van der Waals surface area contributed by atoms with Gasteiger partial charge in [0.05, 0.1) is 7.11 Å². The summed E-state index contributed by atoms with van der Waals surface area (Å²) in [7, 11) is 1.68. The molecule has 0 fully saturated rings. The molecule has 1 aliphatic heterocycles. The lowest BCUT2D eigenvalue weighted by Crippen LogP contribution is -2.16. The molecule has 0 radical (unpaired) electrons. The fraction of sp³-hybridized carbons (Fsp3) is 0.130. The maximum absolute atomic E-state index is 6.43. The molecule has 0 aromatic heterocycles. The van der Waals surface area contributed by atoms with Crippen LogP contribution >= 0.6 is 0 Å². The number of methoxy groups -OCH3 is 1. The Balaban J connectivity index is 1.89. The van der Waals surface area contributed by atoms with Gasteiger partial charge >= 0.3 is 0 Å². The Morgan fingerprint density at radius 1 is 0.800 bits per heavy atom.